The highest BCUT2D eigenvalue weighted by Gasteiger charge is 2.14. The summed E-state index contributed by atoms with van der Waals surface area (Å²) in [6.45, 7) is 4.84. The van der Waals surface area contributed by atoms with Crippen molar-refractivity contribution in [1.82, 2.24) is 4.90 Å². The fraction of sp³-hybridized carbons (Fsp3) is 0.500. The molecule has 0 N–H and O–H groups in total. The smallest absolute Gasteiger partial charge is 0.176 e. The molecule has 1 aromatic carbocycles. The molecule has 0 spiro atoms. The number of nitrogens with zero attached hydrogens (tertiary/aromatic N) is 1. The van der Waals surface area contributed by atoms with Crippen LogP contribution in [0.1, 0.15) is 37.0 Å². The van der Waals surface area contributed by atoms with Crippen molar-refractivity contribution in [1.29, 1.82) is 0 Å². The summed E-state index contributed by atoms with van der Waals surface area (Å²) < 4.78 is 0. The molecule has 0 aliphatic carbocycles. The van der Waals surface area contributed by atoms with Crippen LogP contribution in [0.3, 0.4) is 0 Å². The molecule has 0 bridgehead atoms. The number of benzene rings is 1. The second kappa shape index (κ2) is 6.44. The van der Waals surface area contributed by atoms with Gasteiger partial charge in [-0.15, -0.1) is 0 Å². The van der Waals surface area contributed by atoms with Crippen LogP contribution in [-0.4, -0.2) is 30.3 Å². The minimum atomic E-state index is 0.204. The van der Waals surface area contributed by atoms with Gasteiger partial charge in [-0.05, 0) is 19.9 Å². The van der Waals surface area contributed by atoms with Crippen molar-refractivity contribution in [2.75, 3.05) is 13.6 Å². The minimum Gasteiger partial charge on any atom is -0.296 e. The molecule has 0 fully saturated rings. The SMILES string of the molecule is CCC(CC)N(C)CC(=O)c1ccccc1. The number of hydrogen-bond donors (Lipinski definition) is 0. The summed E-state index contributed by atoms with van der Waals surface area (Å²) in [5, 5.41) is 0. The van der Waals surface area contributed by atoms with Gasteiger partial charge < -0.3 is 0 Å². The van der Waals surface area contributed by atoms with E-state index in [2.05, 4.69) is 18.7 Å². The molecule has 0 saturated carbocycles. The van der Waals surface area contributed by atoms with Gasteiger partial charge >= 0.3 is 0 Å². The van der Waals surface area contributed by atoms with E-state index in [1.165, 1.54) is 0 Å². The van der Waals surface area contributed by atoms with Gasteiger partial charge in [0.2, 0.25) is 0 Å². The molecular formula is C14H21NO. The molecule has 0 aromatic heterocycles. The Labute approximate surface area is 98.3 Å². The minimum absolute atomic E-state index is 0.204. The maximum atomic E-state index is 11.9. The number of ketones is 1. The molecule has 88 valence electrons. The Balaban J connectivity index is 2.58. The van der Waals surface area contributed by atoms with E-state index in [1.807, 2.05) is 37.4 Å². The number of Topliss-reactive ketones (excluding diaryl/α,β-unsaturated/α-hetero) is 1. The van der Waals surface area contributed by atoms with Crippen LogP contribution in [0, 0.1) is 0 Å². The fourth-order valence-corrected chi connectivity index (χ4v) is 1.98. The van der Waals surface area contributed by atoms with Crippen LogP contribution in [0.4, 0.5) is 0 Å². The molecular weight excluding hydrogens is 198 g/mol. The van der Waals surface area contributed by atoms with Crippen molar-refractivity contribution < 1.29 is 4.79 Å². The van der Waals surface area contributed by atoms with Crippen LogP contribution in [0.5, 0.6) is 0 Å². The van der Waals surface area contributed by atoms with E-state index >= 15 is 0 Å². The third-order valence-corrected chi connectivity index (χ3v) is 3.05. The van der Waals surface area contributed by atoms with E-state index in [1.54, 1.807) is 0 Å². The lowest BCUT2D eigenvalue weighted by atomic mass is 10.1. The highest BCUT2D eigenvalue weighted by atomic mass is 16.1. The van der Waals surface area contributed by atoms with Gasteiger partial charge in [-0.3, -0.25) is 9.69 Å². The second-order valence-corrected chi connectivity index (χ2v) is 4.17. The zero-order chi connectivity index (χ0) is 12.0. The largest absolute Gasteiger partial charge is 0.296 e. The predicted octanol–water partition coefficient (Wildman–Crippen LogP) is 2.99. The molecule has 2 nitrogen and oxygen atoms in total. The van der Waals surface area contributed by atoms with Crippen LogP contribution in [0.25, 0.3) is 0 Å². The van der Waals surface area contributed by atoms with E-state index in [9.17, 15) is 4.79 Å². The van der Waals surface area contributed by atoms with Gasteiger partial charge in [-0.1, -0.05) is 44.2 Å². The molecule has 0 unspecified atom stereocenters. The van der Waals surface area contributed by atoms with Gasteiger partial charge in [0.1, 0.15) is 0 Å². The second-order valence-electron chi connectivity index (χ2n) is 4.17. The van der Waals surface area contributed by atoms with Crippen LogP contribution in [0.2, 0.25) is 0 Å². The average molecular weight is 219 g/mol. The van der Waals surface area contributed by atoms with E-state index in [4.69, 9.17) is 0 Å². The van der Waals surface area contributed by atoms with Crippen molar-refractivity contribution in [3.63, 3.8) is 0 Å². The zero-order valence-corrected chi connectivity index (χ0v) is 10.4. The van der Waals surface area contributed by atoms with Gasteiger partial charge in [0.15, 0.2) is 5.78 Å². The van der Waals surface area contributed by atoms with Gasteiger partial charge in [0.25, 0.3) is 0 Å². The summed E-state index contributed by atoms with van der Waals surface area (Å²) in [6, 6.07) is 10.0. The van der Waals surface area contributed by atoms with E-state index in [-0.39, 0.29) is 5.78 Å². The van der Waals surface area contributed by atoms with E-state index in [0.717, 1.165) is 18.4 Å². The molecule has 16 heavy (non-hydrogen) atoms. The lowest BCUT2D eigenvalue weighted by Crippen LogP contribution is -2.35. The highest BCUT2D eigenvalue weighted by molar-refractivity contribution is 5.97. The number of likely N-dealkylation sites (N-methyl/N-ethyl adjacent to an activating group) is 1. The van der Waals surface area contributed by atoms with E-state index in [0.29, 0.717) is 12.6 Å². The molecule has 0 atom stereocenters. The lowest BCUT2D eigenvalue weighted by molar-refractivity contribution is 0.0915. The Bertz CT molecular complexity index is 317. The topological polar surface area (TPSA) is 20.3 Å². The average Bonchev–Trinajstić information content (AvgIpc) is 2.31. The monoisotopic (exact) mass is 219 g/mol. The first-order valence-corrected chi connectivity index (χ1v) is 5.97. The van der Waals surface area contributed by atoms with Crippen molar-refractivity contribution in [3.05, 3.63) is 35.9 Å². The standard InChI is InChI=1S/C14H21NO/c1-4-13(5-2)15(3)11-14(16)12-9-7-6-8-10-12/h6-10,13H,4-5,11H2,1-3H3. The Kier molecular flexibility index (Phi) is 5.20. The van der Waals surface area contributed by atoms with E-state index < -0.39 is 0 Å². The molecule has 0 amide bonds. The lowest BCUT2D eigenvalue weighted by Gasteiger charge is -2.25. The van der Waals surface area contributed by atoms with Crippen LogP contribution < -0.4 is 0 Å². The summed E-state index contributed by atoms with van der Waals surface area (Å²) in [5.41, 5.74) is 0.806. The molecule has 0 aliphatic rings. The molecule has 1 aromatic rings. The number of carbonyl (C=O) groups is 1. The molecule has 0 saturated heterocycles. The van der Waals surface area contributed by atoms with Gasteiger partial charge in [-0.2, -0.15) is 0 Å². The quantitative estimate of drug-likeness (QED) is 0.685. The van der Waals surface area contributed by atoms with Crippen molar-refractivity contribution in [3.8, 4) is 0 Å². The third-order valence-electron chi connectivity index (χ3n) is 3.05. The zero-order valence-electron chi connectivity index (χ0n) is 10.4. The number of hydrogen-bond acceptors (Lipinski definition) is 2. The molecule has 0 heterocycles. The first kappa shape index (κ1) is 12.9. The number of rotatable bonds is 6. The highest BCUT2D eigenvalue weighted by Crippen LogP contribution is 2.08. The van der Waals surface area contributed by atoms with Crippen LogP contribution >= 0.6 is 0 Å². The van der Waals surface area contributed by atoms with Crippen molar-refractivity contribution in [2.24, 2.45) is 0 Å². The maximum absolute atomic E-state index is 11.9. The summed E-state index contributed by atoms with van der Waals surface area (Å²) in [7, 11) is 2.03. The molecule has 2 heteroatoms. The summed E-state index contributed by atoms with van der Waals surface area (Å²) in [5.74, 6) is 0.204. The summed E-state index contributed by atoms with van der Waals surface area (Å²) >= 11 is 0. The van der Waals surface area contributed by atoms with Crippen molar-refractivity contribution in [2.45, 2.75) is 32.7 Å². The summed E-state index contributed by atoms with van der Waals surface area (Å²) in [6.07, 6.45) is 2.18. The molecule has 0 radical (unpaired) electrons. The number of carbonyl (C=O) groups excluding carboxylic acids is 1. The van der Waals surface area contributed by atoms with Gasteiger partial charge in [-0.25, -0.2) is 0 Å². The molecule has 1 rings (SSSR count). The summed E-state index contributed by atoms with van der Waals surface area (Å²) in [4.78, 5) is 14.1. The first-order chi connectivity index (χ1) is 7.69. The third kappa shape index (κ3) is 3.46. The predicted molar refractivity (Wildman–Crippen MR) is 67.8 cm³/mol. The van der Waals surface area contributed by atoms with Gasteiger partial charge in [0, 0.05) is 11.6 Å². The Morgan fingerprint density at radius 1 is 1.19 bits per heavy atom. The normalized spacial score (nSPS) is 11.1. The molecule has 0 aliphatic heterocycles. The fourth-order valence-electron chi connectivity index (χ4n) is 1.98. The van der Waals surface area contributed by atoms with Crippen LogP contribution in [0.15, 0.2) is 30.3 Å². The maximum Gasteiger partial charge on any atom is 0.176 e. The Morgan fingerprint density at radius 2 is 1.75 bits per heavy atom. The van der Waals surface area contributed by atoms with Crippen molar-refractivity contribution >= 4 is 5.78 Å². The Morgan fingerprint density at radius 3 is 2.25 bits per heavy atom. The van der Waals surface area contributed by atoms with Gasteiger partial charge in [0.05, 0.1) is 6.54 Å². The van der Waals surface area contributed by atoms with Crippen LogP contribution in [-0.2, 0) is 0 Å². The first-order valence-electron chi connectivity index (χ1n) is 5.97. The Hall–Kier alpha value is -1.15.